The zero-order chi connectivity index (χ0) is 19.3. The maximum absolute atomic E-state index is 12.8. The summed E-state index contributed by atoms with van der Waals surface area (Å²) in [5.41, 5.74) is 0.763. The van der Waals surface area contributed by atoms with Gasteiger partial charge in [0.05, 0.1) is 23.1 Å². The van der Waals surface area contributed by atoms with Crippen LogP contribution in [0.2, 0.25) is 0 Å². The number of carbonyl (C=O) groups excluding carboxylic acids is 3. The fourth-order valence-corrected chi connectivity index (χ4v) is 6.49. The fourth-order valence-electron chi connectivity index (χ4n) is 6.49. The standard InChI is InChI=1S/C23H27NO4/c25-20-18-5-1-2-6-19(18)21(26)24(20)7-3-4-8-28-22(27)23-12-15-9-16(13-23)11-17(10-15)14-23/h1-2,5-6,15-17H,3-4,7-14H2. The first kappa shape index (κ1) is 17.9. The average molecular weight is 381 g/mol. The normalized spacial score (nSPS) is 32.7. The Balaban J connectivity index is 1.10. The van der Waals surface area contributed by atoms with Crippen molar-refractivity contribution in [3.05, 3.63) is 35.4 Å². The highest BCUT2D eigenvalue weighted by molar-refractivity contribution is 6.21. The SMILES string of the molecule is O=C1c2ccccc2C(=O)N1CCCCOC(=O)C12CC3CC(CC(C3)C1)C2. The molecule has 1 aliphatic heterocycles. The van der Waals surface area contributed by atoms with Crippen LogP contribution in [0.15, 0.2) is 24.3 Å². The molecule has 0 unspecified atom stereocenters. The highest BCUT2D eigenvalue weighted by Gasteiger charge is 2.55. The van der Waals surface area contributed by atoms with Gasteiger partial charge in [-0.15, -0.1) is 0 Å². The summed E-state index contributed by atoms with van der Waals surface area (Å²) < 4.78 is 5.68. The molecule has 0 atom stereocenters. The van der Waals surface area contributed by atoms with Crippen LogP contribution in [0.3, 0.4) is 0 Å². The quantitative estimate of drug-likeness (QED) is 0.427. The Hall–Kier alpha value is -2.17. The lowest BCUT2D eigenvalue weighted by Crippen LogP contribution is -2.50. The van der Waals surface area contributed by atoms with Crippen molar-refractivity contribution >= 4 is 17.8 Å². The summed E-state index contributed by atoms with van der Waals surface area (Å²) >= 11 is 0. The van der Waals surface area contributed by atoms with Crippen LogP contribution in [0.25, 0.3) is 0 Å². The van der Waals surface area contributed by atoms with Gasteiger partial charge in [0.1, 0.15) is 0 Å². The summed E-state index contributed by atoms with van der Waals surface area (Å²) in [6.45, 7) is 0.755. The Labute approximate surface area is 165 Å². The number of rotatable bonds is 6. The molecule has 4 aliphatic carbocycles. The van der Waals surface area contributed by atoms with Crippen LogP contribution < -0.4 is 0 Å². The number of benzene rings is 1. The van der Waals surface area contributed by atoms with Gasteiger partial charge >= 0.3 is 5.97 Å². The molecular weight excluding hydrogens is 354 g/mol. The minimum absolute atomic E-state index is 0.00679. The predicted molar refractivity (Wildman–Crippen MR) is 103 cm³/mol. The Morgan fingerprint density at radius 1 is 0.929 bits per heavy atom. The molecule has 1 heterocycles. The molecule has 5 aliphatic rings. The van der Waals surface area contributed by atoms with Crippen molar-refractivity contribution in [2.75, 3.05) is 13.2 Å². The number of nitrogens with zero attached hydrogens (tertiary/aromatic N) is 1. The van der Waals surface area contributed by atoms with Gasteiger partial charge in [-0.2, -0.15) is 0 Å². The van der Waals surface area contributed by atoms with E-state index in [4.69, 9.17) is 4.74 Å². The number of fused-ring (bicyclic) bond motifs is 1. The van der Waals surface area contributed by atoms with Crippen LogP contribution in [0.4, 0.5) is 0 Å². The minimum atomic E-state index is -0.217. The second-order valence-corrected chi connectivity index (χ2v) is 9.35. The molecule has 5 nitrogen and oxygen atoms in total. The Morgan fingerprint density at radius 3 is 2.00 bits per heavy atom. The lowest BCUT2D eigenvalue weighted by Gasteiger charge is -2.55. The van der Waals surface area contributed by atoms with Gasteiger partial charge in [-0.05, 0) is 81.3 Å². The maximum atomic E-state index is 12.8. The van der Waals surface area contributed by atoms with Gasteiger partial charge in [0, 0.05) is 6.54 Å². The van der Waals surface area contributed by atoms with Gasteiger partial charge in [0.25, 0.3) is 11.8 Å². The number of ether oxygens (including phenoxy) is 1. The number of carbonyl (C=O) groups is 3. The number of hydrogen-bond acceptors (Lipinski definition) is 4. The second kappa shape index (κ2) is 6.71. The average Bonchev–Trinajstić information content (AvgIpc) is 2.91. The van der Waals surface area contributed by atoms with E-state index in [-0.39, 0.29) is 23.2 Å². The molecule has 0 spiro atoms. The number of amides is 2. The molecule has 0 N–H and O–H groups in total. The van der Waals surface area contributed by atoms with Crippen LogP contribution in [-0.4, -0.2) is 35.8 Å². The van der Waals surface area contributed by atoms with Gasteiger partial charge in [0.15, 0.2) is 0 Å². The van der Waals surface area contributed by atoms with Crippen molar-refractivity contribution in [3.63, 3.8) is 0 Å². The van der Waals surface area contributed by atoms with Crippen molar-refractivity contribution in [3.8, 4) is 0 Å². The van der Waals surface area contributed by atoms with E-state index in [1.54, 1.807) is 24.3 Å². The van der Waals surface area contributed by atoms with E-state index in [0.717, 1.165) is 37.0 Å². The van der Waals surface area contributed by atoms with Crippen molar-refractivity contribution < 1.29 is 19.1 Å². The van der Waals surface area contributed by atoms with Crippen LogP contribution in [0.5, 0.6) is 0 Å². The Kier molecular flexibility index (Phi) is 4.29. The molecule has 28 heavy (non-hydrogen) atoms. The smallest absolute Gasteiger partial charge is 0.312 e. The molecule has 0 aromatic heterocycles. The molecule has 5 heteroatoms. The summed E-state index contributed by atoms with van der Waals surface area (Å²) in [4.78, 5) is 38.9. The largest absolute Gasteiger partial charge is 0.465 e. The molecule has 6 rings (SSSR count). The van der Waals surface area contributed by atoms with Crippen LogP contribution in [-0.2, 0) is 9.53 Å². The molecule has 4 bridgehead atoms. The second-order valence-electron chi connectivity index (χ2n) is 9.35. The first-order valence-corrected chi connectivity index (χ1v) is 10.7. The van der Waals surface area contributed by atoms with Gasteiger partial charge in [-0.3, -0.25) is 19.3 Å². The van der Waals surface area contributed by atoms with Crippen LogP contribution >= 0.6 is 0 Å². The lowest BCUT2D eigenvalue weighted by molar-refractivity contribution is -0.171. The predicted octanol–water partition coefficient (Wildman–Crippen LogP) is 3.82. The van der Waals surface area contributed by atoms with Crippen molar-refractivity contribution in [2.45, 2.75) is 51.4 Å². The third kappa shape index (κ3) is 2.87. The van der Waals surface area contributed by atoms with E-state index in [9.17, 15) is 14.4 Å². The third-order valence-electron chi connectivity index (χ3n) is 7.36. The molecular formula is C23H27NO4. The van der Waals surface area contributed by atoms with E-state index in [2.05, 4.69) is 0 Å². The van der Waals surface area contributed by atoms with E-state index in [1.165, 1.54) is 24.2 Å². The number of unbranched alkanes of at least 4 members (excludes halogenated alkanes) is 1. The summed E-state index contributed by atoms with van der Waals surface area (Å²) in [5, 5.41) is 0. The Bertz CT molecular complexity index is 759. The Morgan fingerprint density at radius 2 is 1.46 bits per heavy atom. The van der Waals surface area contributed by atoms with E-state index in [0.29, 0.717) is 37.1 Å². The van der Waals surface area contributed by atoms with Crippen LogP contribution in [0.1, 0.15) is 72.1 Å². The summed E-state index contributed by atoms with van der Waals surface area (Å²) in [6.07, 6.45) is 8.32. The number of imide groups is 1. The highest BCUT2D eigenvalue weighted by Crippen LogP contribution is 2.60. The van der Waals surface area contributed by atoms with Gasteiger partial charge < -0.3 is 4.74 Å². The van der Waals surface area contributed by atoms with Crippen LogP contribution in [0, 0.1) is 23.2 Å². The molecule has 4 fully saturated rings. The van der Waals surface area contributed by atoms with E-state index >= 15 is 0 Å². The van der Waals surface area contributed by atoms with Gasteiger partial charge in [-0.1, -0.05) is 12.1 Å². The zero-order valence-electron chi connectivity index (χ0n) is 16.2. The van der Waals surface area contributed by atoms with E-state index < -0.39 is 0 Å². The van der Waals surface area contributed by atoms with Gasteiger partial charge in [0.2, 0.25) is 0 Å². The fraction of sp³-hybridized carbons (Fsp3) is 0.609. The number of hydrogen-bond donors (Lipinski definition) is 0. The molecule has 4 saturated carbocycles. The molecule has 1 aromatic carbocycles. The molecule has 0 saturated heterocycles. The maximum Gasteiger partial charge on any atom is 0.312 e. The van der Waals surface area contributed by atoms with Crippen molar-refractivity contribution in [1.29, 1.82) is 0 Å². The summed E-state index contributed by atoms with van der Waals surface area (Å²) in [7, 11) is 0. The van der Waals surface area contributed by atoms with E-state index in [1.807, 2.05) is 0 Å². The first-order valence-electron chi connectivity index (χ1n) is 10.7. The monoisotopic (exact) mass is 381 g/mol. The minimum Gasteiger partial charge on any atom is -0.465 e. The topological polar surface area (TPSA) is 63.7 Å². The van der Waals surface area contributed by atoms with Crippen molar-refractivity contribution in [2.24, 2.45) is 23.2 Å². The lowest BCUT2D eigenvalue weighted by atomic mass is 9.49. The zero-order valence-corrected chi connectivity index (χ0v) is 16.2. The third-order valence-corrected chi connectivity index (χ3v) is 7.36. The highest BCUT2D eigenvalue weighted by atomic mass is 16.5. The molecule has 0 radical (unpaired) electrons. The summed E-state index contributed by atoms with van der Waals surface area (Å²) in [5.74, 6) is 1.76. The summed E-state index contributed by atoms with van der Waals surface area (Å²) in [6, 6.07) is 6.94. The molecule has 148 valence electrons. The van der Waals surface area contributed by atoms with Crippen molar-refractivity contribution in [1.82, 2.24) is 4.90 Å². The van der Waals surface area contributed by atoms with Gasteiger partial charge in [-0.25, -0.2) is 0 Å². The first-order chi connectivity index (χ1) is 13.6. The molecule has 2 amide bonds. The number of esters is 1. The molecule has 1 aromatic rings.